The first kappa shape index (κ1) is 13.7. The second kappa shape index (κ2) is 7.65. The fourth-order valence-corrected chi connectivity index (χ4v) is 2.44. The third-order valence-corrected chi connectivity index (χ3v) is 3.60. The molecule has 1 aromatic rings. The van der Waals surface area contributed by atoms with E-state index in [9.17, 15) is 0 Å². The molecule has 0 saturated carbocycles. The molecule has 18 heavy (non-hydrogen) atoms. The van der Waals surface area contributed by atoms with Gasteiger partial charge in [-0.25, -0.2) is 0 Å². The van der Waals surface area contributed by atoms with Crippen LogP contribution in [0.25, 0.3) is 0 Å². The molecule has 1 saturated heterocycles. The number of rotatable bonds is 6. The van der Waals surface area contributed by atoms with Crippen LogP contribution in [-0.2, 0) is 11.2 Å². The van der Waals surface area contributed by atoms with Gasteiger partial charge in [0.15, 0.2) is 0 Å². The Balaban J connectivity index is 1.80. The average molecular weight is 268 g/mol. The molecular formula is C15H22ClNO. The van der Waals surface area contributed by atoms with Crippen LogP contribution in [0.1, 0.15) is 31.2 Å². The number of hydrogen-bond donors (Lipinski definition) is 1. The number of hydrogen-bond acceptors (Lipinski definition) is 2. The minimum atomic E-state index is 0.380. The van der Waals surface area contributed by atoms with Crippen LogP contribution in [0, 0.1) is 0 Å². The molecular weight excluding hydrogens is 246 g/mol. The summed E-state index contributed by atoms with van der Waals surface area (Å²) < 4.78 is 5.71. The summed E-state index contributed by atoms with van der Waals surface area (Å²) >= 11 is 5.72. The van der Waals surface area contributed by atoms with Crippen LogP contribution >= 0.6 is 11.6 Å². The Morgan fingerprint density at radius 2 is 2.28 bits per heavy atom. The molecule has 0 amide bonds. The van der Waals surface area contributed by atoms with Gasteiger partial charge in [0, 0.05) is 24.7 Å². The quantitative estimate of drug-likeness (QED) is 0.791. The van der Waals surface area contributed by atoms with Crippen molar-refractivity contribution in [3.05, 3.63) is 29.8 Å². The van der Waals surface area contributed by atoms with E-state index in [0.717, 1.165) is 31.9 Å². The highest BCUT2D eigenvalue weighted by atomic mass is 35.5. The number of alkyl halides is 1. The molecule has 1 fully saturated rings. The van der Waals surface area contributed by atoms with Gasteiger partial charge in [0.2, 0.25) is 0 Å². The minimum absolute atomic E-state index is 0.380. The van der Waals surface area contributed by atoms with Gasteiger partial charge in [-0.1, -0.05) is 12.1 Å². The van der Waals surface area contributed by atoms with Crippen LogP contribution in [0.3, 0.4) is 0 Å². The summed E-state index contributed by atoms with van der Waals surface area (Å²) in [7, 11) is 0. The van der Waals surface area contributed by atoms with Crippen LogP contribution in [0.15, 0.2) is 24.3 Å². The van der Waals surface area contributed by atoms with Crippen molar-refractivity contribution < 1.29 is 4.74 Å². The summed E-state index contributed by atoms with van der Waals surface area (Å²) in [5.41, 5.74) is 2.54. The number of nitrogens with one attached hydrogen (secondary N) is 1. The lowest BCUT2D eigenvalue weighted by atomic mass is 10.1. The molecule has 0 spiro atoms. The molecule has 2 nitrogen and oxygen atoms in total. The van der Waals surface area contributed by atoms with Crippen molar-refractivity contribution in [1.82, 2.24) is 0 Å². The summed E-state index contributed by atoms with van der Waals surface area (Å²) in [5.74, 6) is 0.730. The zero-order chi connectivity index (χ0) is 12.6. The smallest absolute Gasteiger partial charge is 0.0747 e. The van der Waals surface area contributed by atoms with Crippen LogP contribution in [0.2, 0.25) is 0 Å². The van der Waals surface area contributed by atoms with Gasteiger partial charge in [0.05, 0.1) is 6.10 Å². The maximum atomic E-state index is 5.72. The minimum Gasteiger partial charge on any atom is -0.382 e. The van der Waals surface area contributed by atoms with Gasteiger partial charge in [-0.2, -0.15) is 0 Å². The fraction of sp³-hybridized carbons (Fsp3) is 0.600. The highest BCUT2D eigenvalue weighted by Crippen LogP contribution is 2.16. The van der Waals surface area contributed by atoms with Gasteiger partial charge in [0.25, 0.3) is 0 Å². The predicted octanol–water partition coefficient (Wildman–Crippen LogP) is 3.84. The molecule has 1 aliphatic rings. The summed E-state index contributed by atoms with van der Waals surface area (Å²) in [6, 6.07) is 8.60. The van der Waals surface area contributed by atoms with Crippen molar-refractivity contribution in [3.8, 4) is 0 Å². The zero-order valence-corrected chi connectivity index (χ0v) is 11.6. The normalized spacial score (nSPS) is 19.7. The monoisotopic (exact) mass is 267 g/mol. The van der Waals surface area contributed by atoms with Crippen molar-refractivity contribution in [1.29, 1.82) is 0 Å². The van der Waals surface area contributed by atoms with Crippen LogP contribution in [0.4, 0.5) is 5.69 Å². The Morgan fingerprint density at radius 3 is 3.06 bits per heavy atom. The highest BCUT2D eigenvalue weighted by Gasteiger charge is 2.13. The van der Waals surface area contributed by atoms with E-state index in [4.69, 9.17) is 16.3 Å². The first-order valence-electron chi connectivity index (χ1n) is 6.89. The van der Waals surface area contributed by atoms with E-state index in [0.29, 0.717) is 6.10 Å². The number of aryl methyl sites for hydroxylation is 1. The van der Waals surface area contributed by atoms with Crippen molar-refractivity contribution in [2.75, 3.05) is 24.3 Å². The van der Waals surface area contributed by atoms with Crippen LogP contribution in [0.5, 0.6) is 0 Å². The molecule has 0 radical (unpaired) electrons. The van der Waals surface area contributed by atoms with Crippen LogP contribution in [-0.4, -0.2) is 25.1 Å². The van der Waals surface area contributed by atoms with E-state index < -0.39 is 0 Å². The molecule has 1 unspecified atom stereocenters. The molecule has 1 heterocycles. The molecule has 0 aromatic heterocycles. The number of halogens is 1. The zero-order valence-electron chi connectivity index (χ0n) is 10.8. The van der Waals surface area contributed by atoms with E-state index in [1.54, 1.807) is 0 Å². The average Bonchev–Trinajstić information content (AvgIpc) is 2.44. The lowest BCUT2D eigenvalue weighted by Crippen LogP contribution is -2.26. The molecule has 100 valence electrons. The number of ether oxygens (including phenoxy) is 1. The van der Waals surface area contributed by atoms with Gasteiger partial charge in [-0.05, 0) is 49.8 Å². The largest absolute Gasteiger partial charge is 0.382 e. The third kappa shape index (κ3) is 4.51. The first-order chi connectivity index (χ1) is 8.88. The second-order valence-electron chi connectivity index (χ2n) is 4.86. The Bertz CT molecular complexity index is 350. The molecule has 0 bridgehead atoms. The topological polar surface area (TPSA) is 21.3 Å². The lowest BCUT2D eigenvalue weighted by Gasteiger charge is -2.23. The van der Waals surface area contributed by atoms with Crippen molar-refractivity contribution in [3.63, 3.8) is 0 Å². The number of benzene rings is 1. The Morgan fingerprint density at radius 1 is 1.33 bits per heavy atom. The first-order valence-corrected chi connectivity index (χ1v) is 7.42. The van der Waals surface area contributed by atoms with Crippen molar-refractivity contribution in [2.45, 2.75) is 38.2 Å². The third-order valence-electron chi connectivity index (χ3n) is 3.33. The summed E-state index contributed by atoms with van der Waals surface area (Å²) in [6.07, 6.45) is 6.16. The predicted molar refractivity (Wildman–Crippen MR) is 77.6 cm³/mol. The SMILES string of the molecule is ClCCCc1cccc(NCC2CCCCO2)c1. The molecule has 1 aromatic carbocycles. The summed E-state index contributed by atoms with van der Waals surface area (Å²) in [5, 5.41) is 3.47. The fourth-order valence-electron chi connectivity index (χ4n) is 2.31. The summed E-state index contributed by atoms with van der Waals surface area (Å²) in [4.78, 5) is 0. The molecule has 1 N–H and O–H groups in total. The molecule has 2 rings (SSSR count). The van der Waals surface area contributed by atoms with Crippen LogP contribution < -0.4 is 5.32 Å². The van der Waals surface area contributed by atoms with Crippen molar-refractivity contribution >= 4 is 17.3 Å². The standard InChI is InChI=1S/C15H22ClNO/c16-9-4-6-13-5-3-7-14(11-13)17-12-15-8-1-2-10-18-15/h3,5,7,11,15,17H,1-2,4,6,8-10,12H2. The van der Waals surface area contributed by atoms with E-state index in [1.807, 2.05) is 0 Å². The Hall–Kier alpha value is -0.730. The molecule has 0 aliphatic carbocycles. The number of anilines is 1. The summed E-state index contributed by atoms with van der Waals surface area (Å²) in [6.45, 7) is 1.83. The van der Waals surface area contributed by atoms with E-state index in [1.165, 1.54) is 30.5 Å². The van der Waals surface area contributed by atoms with E-state index in [-0.39, 0.29) is 0 Å². The molecule has 1 aliphatic heterocycles. The maximum Gasteiger partial charge on any atom is 0.0747 e. The Kier molecular flexibility index (Phi) is 5.82. The van der Waals surface area contributed by atoms with Gasteiger partial charge in [0.1, 0.15) is 0 Å². The van der Waals surface area contributed by atoms with Gasteiger partial charge in [-0.3, -0.25) is 0 Å². The van der Waals surface area contributed by atoms with Gasteiger partial charge in [-0.15, -0.1) is 11.6 Å². The maximum absolute atomic E-state index is 5.72. The second-order valence-corrected chi connectivity index (χ2v) is 5.24. The van der Waals surface area contributed by atoms with Gasteiger partial charge < -0.3 is 10.1 Å². The lowest BCUT2D eigenvalue weighted by molar-refractivity contribution is 0.0247. The van der Waals surface area contributed by atoms with Crippen molar-refractivity contribution in [2.24, 2.45) is 0 Å². The highest BCUT2D eigenvalue weighted by molar-refractivity contribution is 6.17. The van der Waals surface area contributed by atoms with Gasteiger partial charge >= 0.3 is 0 Å². The molecule has 3 heteroatoms. The Labute approximate surface area is 115 Å². The van der Waals surface area contributed by atoms with E-state index >= 15 is 0 Å². The van der Waals surface area contributed by atoms with E-state index in [2.05, 4.69) is 29.6 Å². The molecule has 1 atom stereocenters.